The first-order valence-electron chi connectivity index (χ1n) is 9.44. The summed E-state index contributed by atoms with van der Waals surface area (Å²) in [7, 11) is 2.18. The smallest absolute Gasteiger partial charge is 0.137 e. The van der Waals surface area contributed by atoms with Crippen LogP contribution in [-0.2, 0) is 6.54 Å². The molecule has 140 valence electrons. The Hall–Kier alpha value is -2.70. The van der Waals surface area contributed by atoms with E-state index in [9.17, 15) is 0 Å². The van der Waals surface area contributed by atoms with Gasteiger partial charge in [0.2, 0.25) is 0 Å². The van der Waals surface area contributed by atoms with Crippen molar-refractivity contribution in [2.45, 2.75) is 13.5 Å². The van der Waals surface area contributed by atoms with Gasteiger partial charge in [0.25, 0.3) is 0 Å². The van der Waals surface area contributed by atoms with Crippen LogP contribution in [-0.4, -0.2) is 58.0 Å². The summed E-state index contributed by atoms with van der Waals surface area (Å²) >= 11 is 0. The van der Waals surface area contributed by atoms with Crippen LogP contribution in [0.3, 0.4) is 0 Å². The molecule has 0 atom stereocenters. The van der Waals surface area contributed by atoms with Crippen LogP contribution < -0.4 is 5.32 Å². The molecule has 27 heavy (non-hydrogen) atoms. The highest BCUT2D eigenvalue weighted by Gasteiger charge is 2.15. The molecule has 1 fully saturated rings. The lowest BCUT2D eigenvalue weighted by Gasteiger charge is -2.32. The topological polar surface area (TPSA) is 60.1 Å². The minimum Gasteiger partial charge on any atom is -0.347 e. The van der Waals surface area contributed by atoms with Gasteiger partial charge < -0.3 is 15.2 Å². The van der Waals surface area contributed by atoms with Crippen molar-refractivity contribution < 1.29 is 0 Å². The maximum absolute atomic E-state index is 4.63. The fraction of sp³-hybridized carbons (Fsp3) is 0.333. The van der Waals surface area contributed by atoms with E-state index in [0.29, 0.717) is 0 Å². The fourth-order valence-electron chi connectivity index (χ4n) is 3.44. The molecule has 0 aliphatic carbocycles. The van der Waals surface area contributed by atoms with Crippen molar-refractivity contribution in [2.75, 3.05) is 38.5 Å². The quantitative estimate of drug-likeness (QED) is 0.729. The van der Waals surface area contributed by atoms with Gasteiger partial charge in [-0.1, -0.05) is 6.08 Å². The van der Waals surface area contributed by atoms with E-state index >= 15 is 0 Å². The summed E-state index contributed by atoms with van der Waals surface area (Å²) in [4.78, 5) is 17.3. The third-order valence-corrected chi connectivity index (χ3v) is 5.06. The molecule has 0 radical (unpaired) electrons. The van der Waals surface area contributed by atoms with E-state index in [4.69, 9.17) is 0 Å². The Balaban J connectivity index is 1.56. The Kier molecular flexibility index (Phi) is 5.18. The zero-order valence-corrected chi connectivity index (χ0v) is 15.9. The summed E-state index contributed by atoms with van der Waals surface area (Å²) in [5.74, 6) is 0.838. The van der Waals surface area contributed by atoms with E-state index < -0.39 is 0 Å². The maximum atomic E-state index is 4.63. The molecule has 0 aromatic carbocycles. The van der Waals surface area contributed by atoms with Gasteiger partial charge in [-0.05, 0) is 43.9 Å². The van der Waals surface area contributed by atoms with E-state index in [2.05, 4.69) is 49.2 Å². The number of nitrogens with zero attached hydrogens (tertiary/aromatic N) is 4. The van der Waals surface area contributed by atoms with Crippen LogP contribution in [0, 0.1) is 0 Å². The molecule has 3 aromatic heterocycles. The largest absolute Gasteiger partial charge is 0.347 e. The number of fused-ring (bicyclic) bond motifs is 1. The van der Waals surface area contributed by atoms with Crippen LogP contribution in [0.2, 0.25) is 0 Å². The van der Waals surface area contributed by atoms with E-state index in [1.807, 2.05) is 43.9 Å². The van der Waals surface area contributed by atoms with Crippen molar-refractivity contribution in [3.63, 3.8) is 0 Å². The number of hydrogen-bond acceptors (Lipinski definition) is 5. The number of anilines is 1. The van der Waals surface area contributed by atoms with E-state index in [-0.39, 0.29) is 0 Å². The molecule has 6 nitrogen and oxygen atoms in total. The van der Waals surface area contributed by atoms with Gasteiger partial charge in [-0.3, -0.25) is 4.90 Å². The maximum Gasteiger partial charge on any atom is 0.137 e. The SMILES string of the molecule is CC=CNc1ccc(-c2c[nH]c3ncc(CN4CCN(C)CC4)cc23)cn1. The number of piperazine rings is 1. The lowest BCUT2D eigenvalue weighted by atomic mass is 10.1. The van der Waals surface area contributed by atoms with Crippen LogP contribution in [0.25, 0.3) is 22.2 Å². The molecule has 4 rings (SSSR count). The minimum absolute atomic E-state index is 0.838. The molecule has 6 heteroatoms. The van der Waals surface area contributed by atoms with E-state index in [1.54, 1.807) is 0 Å². The number of hydrogen-bond donors (Lipinski definition) is 2. The van der Waals surface area contributed by atoms with E-state index in [0.717, 1.165) is 60.7 Å². The predicted molar refractivity (Wildman–Crippen MR) is 111 cm³/mol. The number of pyridine rings is 2. The third-order valence-electron chi connectivity index (χ3n) is 5.06. The lowest BCUT2D eigenvalue weighted by Crippen LogP contribution is -2.43. The molecule has 2 N–H and O–H groups in total. The molecule has 0 bridgehead atoms. The first-order chi connectivity index (χ1) is 13.2. The molecule has 0 saturated carbocycles. The molecule has 0 unspecified atom stereocenters. The Morgan fingerprint density at radius 2 is 2.00 bits per heavy atom. The summed E-state index contributed by atoms with van der Waals surface area (Å²) in [6.07, 6.45) is 9.74. The van der Waals surface area contributed by atoms with Crippen LogP contribution in [0.15, 0.2) is 49.1 Å². The Bertz CT molecular complexity index is 919. The van der Waals surface area contributed by atoms with Crippen LogP contribution in [0.4, 0.5) is 5.82 Å². The second-order valence-corrected chi connectivity index (χ2v) is 7.10. The zero-order chi connectivity index (χ0) is 18.6. The van der Waals surface area contributed by atoms with Crippen molar-refractivity contribution >= 4 is 16.9 Å². The van der Waals surface area contributed by atoms with Crippen molar-refractivity contribution in [1.29, 1.82) is 0 Å². The number of likely N-dealkylation sites (N-methyl/N-ethyl adjacent to an activating group) is 1. The van der Waals surface area contributed by atoms with Crippen molar-refractivity contribution in [1.82, 2.24) is 24.8 Å². The Labute approximate surface area is 159 Å². The molecule has 4 heterocycles. The number of aromatic amines is 1. The highest BCUT2D eigenvalue weighted by Crippen LogP contribution is 2.28. The van der Waals surface area contributed by atoms with Crippen LogP contribution in [0.5, 0.6) is 0 Å². The molecule has 3 aromatic rings. The van der Waals surface area contributed by atoms with E-state index in [1.165, 1.54) is 5.56 Å². The first kappa shape index (κ1) is 17.7. The van der Waals surface area contributed by atoms with Crippen molar-refractivity contribution in [3.8, 4) is 11.1 Å². The highest BCUT2D eigenvalue weighted by molar-refractivity contribution is 5.93. The van der Waals surface area contributed by atoms with Gasteiger partial charge in [-0.25, -0.2) is 9.97 Å². The number of H-pyrrole nitrogens is 1. The average Bonchev–Trinajstić information content (AvgIpc) is 3.12. The summed E-state index contributed by atoms with van der Waals surface area (Å²) in [6, 6.07) is 6.35. The zero-order valence-electron chi connectivity index (χ0n) is 15.9. The predicted octanol–water partition coefficient (Wildman–Crippen LogP) is 3.32. The average molecular weight is 362 g/mol. The van der Waals surface area contributed by atoms with Crippen molar-refractivity contribution in [2.24, 2.45) is 0 Å². The van der Waals surface area contributed by atoms with Gasteiger partial charge in [-0.15, -0.1) is 0 Å². The van der Waals surface area contributed by atoms with Gasteiger partial charge >= 0.3 is 0 Å². The van der Waals surface area contributed by atoms with Crippen LogP contribution >= 0.6 is 0 Å². The molecule has 1 aliphatic heterocycles. The first-order valence-corrected chi connectivity index (χ1v) is 9.44. The number of allylic oxidation sites excluding steroid dienone is 1. The summed E-state index contributed by atoms with van der Waals surface area (Å²) in [5, 5.41) is 4.29. The van der Waals surface area contributed by atoms with Crippen molar-refractivity contribution in [3.05, 3.63) is 54.6 Å². The summed E-state index contributed by atoms with van der Waals surface area (Å²) in [5.41, 5.74) is 4.41. The second-order valence-electron chi connectivity index (χ2n) is 7.10. The summed E-state index contributed by atoms with van der Waals surface area (Å²) in [6.45, 7) is 7.40. The van der Waals surface area contributed by atoms with Gasteiger partial charge in [0.05, 0.1) is 0 Å². The molecular weight excluding hydrogens is 336 g/mol. The molecule has 0 amide bonds. The summed E-state index contributed by atoms with van der Waals surface area (Å²) < 4.78 is 0. The normalized spacial score (nSPS) is 16.4. The fourth-order valence-corrected chi connectivity index (χ4v) is 3.44. The second kappa shape index (κ2) is 7.90. The molecule has 1 aliphatic rings. The lowest BCUT2D eigenvalue weighted by molar-refractivity contribution is 0.148. The molecule has 1 saturated heterocycles. The molecular formula is C21H26N6. The van der Waals surface area contributed by atoms with Gasteiger partial charge in [-0.2, -0.15) is 0 Å². The van der Waals surface area contributed by atoms with Crippen LogP contribution in [0.1, 0.15) is 12.5 Å². The molecule has 0 spiro atoms. The third kappa shape index (κ3) is 4.02. The number of nitrogens with one attached hydrogen (secondary N) is 2. The Morgan fingerprint density at radius 1 is 1.15 bits per heavy atom. The highest BCUT2D eigenvalue weighted by atomic mass is 15.2. The van der Waals surface area contributed by atoms with Gasteiger partial charge in [0, 0.05) is 67.8 Å². The van der Waals surface area contributed by atoms with Gasteiger partial charge in [0.1, 0.15) is 11.5 Å². The number of aromatic nitrogens is 3. The number of rotatable bonds is 5. The minimum atomic E-state index is 0.838. The monoisotopic (exact) mass is 362 g/mol. The standard InChI is InChI=1S/C21H26N6/c1-3-6-22-20-5-4-17(13-23-20)19-14-25-21-18(19)11-16(12-24-21)15-27-9-7-26(2)8-10-27/h3-6,11-14H,7-10,15H2,1-2H3,(H,22,23)(H,24,25). The van der Waals surface area contributed by atoms with Gasteiger partial charge in [0.15, 0.2) is 0 Å². The Morgan fingerprint density at radius 3 is 2.74 bits per heavy atom.